The molecular formula is C16H24N2O. The number of nitrogens with zero attached hydrogens (tertiary/aromatic N) is 1. The van der Waals surface area contributed by atoms with Gasteiger partial charge in [0.25, 0.3) is 0 Å². The van der Waals surface area contributed by atoms with Gasteiger partial charge in [0, 0.05) is 29.5 Å². The van der Waals surface area contributed by atoms with Crippen molar-refractivity contribution >= 4 is 17.2 Å². The predicted octanol–water partition coefficient (Wildman–Crippen LogP) is 3.63. The fourth-order valence-electron chi connectivity index (χ4n) is 3.09. The van der Waals surface area contributed by atoms with Crippen LogP contribution in [-0.4, -0.2) is 18.4 Å². The minimum atomic E-state index is 0.0322. The molecule has 19 heavy (non-hydrogen) atoms. The van der Waals surface area contributed by atoms with Crippen LogP contribution in [0.4, 0.5) is 11.4 Å². The standard InChI is InChI=1S/C16H24N2O/c1-3-18(13-7-5-4-6-8-13)14-9-10-15(12(2)19)16(17)11-14/h9-11,13H,3-8,17H2,1-2H3. The van der Waals surface area contributed by atoms with Crippen molar-refractivity contribution in [3.63, 3.8) is 0 Å². The molecule has 0 atom stereocenters. The van der Waals surface area contributed by atoms with Crippen LogP contribution in [0.5, 0.6) is 0 Å². The molecule has 1 fully saturated rings. The average molecular weight is 260 g/mol. The Hall–Kier alpha value is -1.51. The third-order valence-corrected chi connectivity index (χ3v) is 4.10. The van der Waals surface area contributed by atoms with Crippen molar-refractivity contribution in [2.45, 2.75) is 52.0 Å². The second-order valence-corrected chi connectivity index (χ2v) is 5.41. The van der Waals surface area contributed by atoms with Crippen LogP contribution < -0.4 is 10.6 Å². The molecule has 0 bridgehead atoms. The highest BCUT2D eigenvalue weighted by Gasteiger charge is 2.20. The number of nitrogen functional groups attached to an aromatic ring is 1. The summed E-state index contributed by atoms with van der Waals surface area (Å²) >= 11 is 0. The van der Waals surface area contributed by atoms with E-state index in [-0.39, 0.29) is 5.78 Å². The summed E-state index contributed by atoms with van der Waals surface area (Å²) in [4.78, 5) is 13.9. The summed E-state index contributed by atoms with van der Waals surface area (Å²) in [6.45, 7) is 4.73. The molecule has 1 saturated carbocycles. The molecule has 1 aromatic rings. The number of carbonyl (C=O) groups is 1. The third kappa shape index (κ3) is 3.09. The summed E-state index contributed by atoms with van der Waals surface area (Å²) in [6.07, 6.45) is 6.54. The minimum absolute atomic E-state index is 0.0322. The van der Waals surface area contributed by atoms with Crippen LogP contribution >= 0.6 is 0 Å². The molecule has 0 aliphatic heterocycles. The molecule has 0 aromatic heterocycles. The highest BCUT2D eigenvalue weighted by molar-refractivity contribution is 5.99. The van der Waals surface area contributed by atoms with Crippen molar-refractivity contribution in [3.8, 4) is 0 Å². The SMILES string of the molecule is CCN(c1ccc(C(C)=O)c(N)c1)C1CCCCC1. The first-order valence-corrected chi connectivity index (χ1v) is 7.30. The Morgan fingerprint density at radius 3 is 2.53 bits per heavy atom. The summed E-state index contributed by atoms with van der Waals surface area (Å²) in [7, 11) is 0. The number of Topliss-reactive ketones (excluding diaryl/α,β-unsaturated/α-hetero) is 1. The normalized spacial score (nSPS) is 16.3. The van der Waals surface area contributed by atoms with Crippen LogP contribution in [0.1, 0.15) is 56.3 Å². The molecule has 0 saturated heterocycles. The minimum Gasteiger partial charge on any atom is -0.398 e. The van der Waals surface area contributed by atoms with E-state index in [1.54, 1.807) is 6.92 Å². The molecule has 3 nitrogen and oxygen atoms in total. The summed E-state index contributed by atoms with van der Waals surface area (Å²) in [5.41, 5.74) is 8.37. The molecular weight excluding hydrogens is 236 g/mol. The zero-order valence-electron chi connectivity index (χ0n) is 12.0. The zero-order valence-corrected chi connectivity index (χ0v) is 12.0. The maximum atomic E-state index is 11.4. The lowest BCUT2D eigenvalue weighted by atomic mass is 9.93. The van der Waals surface area contributed by atoms with E-state index >= 15 is 0 Å². The Bertz CT molecular complexity index is 450. The van der Waals surface area contributed by atoms with Crippen molar-refractivity contribution in [2.24, 2.45) is 0 Å². The van der Waals surface area contributed by atoms with Gasteiger partial charge < -0.3 is 10.6 Å². The van der Waals surface area contributed by atoms with Crippen LogP contribution in [0, 0.1) is 0 Å². The highest BCUT2D eigenvalue weighted by atomic mass is 16.1. The Balaban J connectivity index is 2.23. The molecule has 0 heterocycles. The second kappa shape index (κ2) is 6.09. The van der Waals surface area contributed by atoms with Crippen LogP contribution in [0.25, 0.3) is 0 Å². The van der Waals surface area contributed by atoms with Gasteiger partial charge in [-0.3, -0.25) is 4.79 Å². The van der Waals surface area contributed by atoms with Gasteiger partial charge in [-0.1, -0.05) is 19.3 Å². The van der Waals surface area contributed by atoms with E-state index in [2.05, 4.69) is 11.8 Å². The number of anilines is 2. The molecule has 1 aromatic carbocycles. The zero-order chi connectivity index (χ0) is 13.8. The van der Waals surface area contributed by atoms with E-state index in [9.17, 15) is 4.79 Å². The number of ketones is 1. The van der Waals surface area contributed by atoms with E-state index in [1.165, 1.54) is 32.1 Å². The van der Waals surface area contributed by atoms with Gasteiger partial charge >= 0.3 is 0 Å². The molecule has 3 heteroatoms. The smallest absolute Gasteiger partial charge is 0.161 e. The van der Waals surface area contributed by atoms with Gasteiger partial charge in [0.05, 0.1) is 0 Å². The molecule has 1 aliphatic rings. The fraction of sp³-hybridized carbons (Fsp3) is 0.562. The van der Waals surface area contributed by atoms with Crippen LogP contribution in [0.15, 0.2) is 18.2 Å². The van der Waals surface area contributed by atoms with E-state index in [0.717, 1.165) is 12.2 Å². The largest absolute Gasteiger partial charge is 0.398 e. The molecule has 0 unspecified atom stereocenters. The van der Waals surface area contributed by atoms with Crippen molar-refractivity contribution in [1.29, 1.82) is 0 Å². The summed E-state index contributed by atoms with van der Waals surface area (Å²) in [5, 5.41) is 0. The Morgan fingerprint density at radius 2 is 2.00 bits per heavy atom. The molecule has 104 valence electrons. The first kappa shape index (κ1) is 13.9. The van der Waals surface area contributed by atoms with E-state index in [4.69, 9.17) is 5.73 Å². The lowest BCUT2D eigenvalue weighted by Gasteiger charge is -2.35. The molecule has 2 rings (SSSR count). The first-order valence-electron chi connectivity index (χ1n) is 7.30. The number of nitrogens with two attached hydrogens (primary N) is 1. The lowest BCUT2D eigenvalue weighted by molar-refractivity contribution is 0.101. The quantitative estimate of drug-likeness (QED) is 0.664. The average Bonchev–Trinajstić information content (AvgIpc) is 2.40. The molecule has 0 radical (unpaired) electrons. The Labute approximate surface area is 115 Å². The van der Waals surface area contributed by atoms with E-state index < -0.39 is 0 Å². The number of carbonyl (C=O) groups excluding carboxylic acids is 1. The monoisotopic (exact) mass is 260 g/mol. The van der Waals surface area contributed by atoms with Crippen LogP contribution in [0.2, 0.25) is 0 Å². The second-order valence-electron chi connectivity index (χ2n) is 5.41. The van der Waals surface area contributed by atoms with Crippen molar-refractivity contribution in [2.75, 3.05) is 17.2 Å². The molecule has 0 spiro atoms. The van der Waals surface area contributed by atoms with Gasteiger partial charge in [-0.2, -0.15) is 0 Å². The van der Waals surface area contributed by atoms with Gasteiger partial charge in [-0.15, -0.1) is 0 Å². The van der Waals surface area contributed by atoms with Crippen molar-refractivity contribution < 1.29 is 4.79 Å². The van der Waals surface area contributed by atoms with E-state index in [1.807, 2.05) is 18.2 Å². The molecule has 0 amide bonds. The Kier molecular flexibility index (Phi) is 4.46. The van der Waals surface area contributed by atoms with Crippen molar-refractivity contribution in [3.05, 3.63) is 23.8 Å². The molecule has 1 aliphatic carbocycles. The highest BCUT2D eigenvalue weighted by Crippen LogP contribution is 2.29. The number of hydrogen-bond acceptors (Lipinski definition) is 3. The number of hydrogen-bond donors (Lipinski definition) is 1. The summed E-state index contributed by atoms with van der Waals surface area (Å²) in [5.74, 6) is 0.0322. The van der Waals surface area contributed by atoms with Gasteiger partial charge in [0.15, 0.2) is 5.78 Å². The number of rotatable bonds is 4. The fourth-order valence-corrected chi connectivity index (χ4v) is 3.09. The topological polar surface area (TPSA) is 46.3 Å². The van der Waals surface area contributed by atoms with Crippen LogP contribution in [-0.2, 0) is 0 Å². The summed E-state index contributed by atoms with van der Waals surface area (Å²) in [6, 6.07) is 6.47. The van der Waals surface area contributed by atoms with Gasteiger partial charge in [-0.05, 0) is 44.9 Å². The third-order valence-electron chi connectivity index (χ3n) is 4.10. The maximum absolute atomic E-state index is 11.4. The summed E-state index contributed by atoms with van der Waals surface area (Å²) < 4.78 is 0. The van der Waals surface area contributed by atoms with Gasteiger partial charge in [0.1, 0.15) is 0 Å². The molecule has 2 N–H and O–H groups in total. The van der Waals surface area contributed by atoms with Gasteiger partial charge in [-0.25, -0.2) is 0 Å². The number of benzene rings is 1. The van der Waals surface area contributed by atoms with Gasteiger partial charge in [0.2, 0.25) is 0 Å². The van der Waals surface area contributed by atoms with Crippen LogP contribution in [0.3, 0.4) is 0 Å². The Morgan fingerprint density at radius 1 is 1.32 bits per heavy atom. The predicted molar refractivity (Wildman–Crippen MR) is 80.8 cm³/mol. The first-order chi connectivity index (χ1) is 9.13. The lowest BCUT2D eigenvalue weighted by Crippen LogP contribution is -2.36. The van der Waals surface area contributed by atoms with Crippen molar-refractivity contribution in [1.82, 2.24) is 0 Å². The van der Waals surface area contributed by atoms with E-state index in [0.29, 0.717) is 17.3 Å². The maximum Gasteiger partial charge on any atom is 0.161 e.